The predicted molar refractivity (Wildman–Crippen MR) is 110 cm³/mol. The van der Waals surface area contributed by atoms with E-state index in [0.717, 1.165) is 16.3 Å². The zero-order valence-electron chi connectivity index (χ0n) is 15.5. The summed E-state index contributed by atoms with van der Waals surface area (Å²) in [5.74, 6) is 3.46. The number of aromatic nitrogens is 2. The summed E-state index contributed by atoms with van der Waals surface area (Å²) in [6.07, 6.45) is 0. The first-order valence-electron chi connectivity index (χ1n) is 8.91. The Morgan fingerprint density at radius 2 is 1.89 bits per heavy atom. The minimum Gasteiger partial charge on any atom is -0.454 e. The van der Waals surface area contributed by atoms with Crippen LogP contribution in [0.25, 0.3) is 0 Å². The van der Waals surface area contributed by atoms with E-state index < -0.39 is 0 Å². The van der Waals surface area contributed by atoms with Gasteiger partial charge in [0.15, 0.2) is 16.7 Å². The number of hydrogen-bond acceptors (Lipinski definition) is 6. The highest BCUT2D eigenvalue weighted by atomic mass is 35.5. The molecule has 0 saturated carbocycles. The summed E-state index contributed by atoms with van der Waals surface area (Å²) in [4.78, 5) is 9.23. The second-order valence-corrected chi connectivity index (χ2v) is 7.92. The first-order chi connectivity index (χ1) is 13.6. The van der Waals surface area contributed by atoms with Gasteiger partial charge in [0.05, 0.1) is 5.69 Å². The van der Waals surface area contributed by atoms with Crippen molar-refractivity contribution in [2.24, 2.45) is 0 Å². The van der Waals surface area contributed by atoms with Gasteiger partial charge in [0, 0.05) is 22.9 Å². The first kappa shape index (κ1) is 18.9. The Morgan fingerprint density at radius 3 is 2.71 bits per heavy atom. The number of halogens is 1. The molecule has 0 unspecified atom stereocenters. The van der Waals surface area contributed by atoms with Gasteiger partial charge in [0.2, 0.25) is 12.7 Å². The average molecular weight is 415 g/mol. The van der Waals surface area contributed by atoms with Gasteiger partial charge in [0.25, 0.3) is 0 Å². The molecule has 0 radical (unpaired) electrons. The quantitative estimate of drug-likeness (QED) is 0.360. The molecule has 0 N–H and O–H groups in total. The summed E-state index contributed by atoms with van der Waals surface area (Å²) in [5, 5.41) is 1.40. The number of fused-ring (bicyclic) bond motifs is 1. The molecule has 1 aliphatic heterocycles. The molecule has 3 aromatic rings. The molecule has 0 bridgehead atoms. The Labute approximate surface area is 173 Å². The molecule has 1 aromatic heterocycles. The predicted octanol–water partition coefficient (Wildman–Crippen LogP) is 6.07. The van der Waals surface area contributed by atoms with Gasteiger partial charge in [-0.1, -0.05) is 55.4 Å². The molecule has 0 fully saturated rings. The van der Waals surface area contributed by atoms with E-state index in [2.05, 4.69) is 23.8 Å². The summed E-state index contributed by atoms with van der Waals surface area (Å²) in [7, 11) is 0. The lowest BCUT2D eigenvalue weighted by atomic mass is 10.1. The fourth-order valence-electron chi connectivity index (χ4n) is 2.65. The van der Waals surface area contributed by atoms with Gasteiger partial charge in [-0.3, -0.25) is 0 Å². The van der Waals surface area contributed by atoms with Crippen LogP contribution in [0.5, 0.6) is 23.1 Å². The number of ether oxygens (including phenoxy) is 3. The second kappa shape index (κ2) is 8.29. The summed E-state index contributed by atoms with van der Waals surface area (Å²) in [5.41, 5.74) is 1.97. The van der Waals surface area contributed by atoms with Crippen LogP contribution in [0.15, 0.2) is 53.7 Å². The third-order valence-electron chi connectivity index (χ3n) is 4.17. The summed E-state index contributed by atoms with van der Waals surface area (Å²) in [6, 6.07) is 15.1. The SMILES string of the molecule is CC(C)c1cc(Oc2ccc3c(c2)OCO3)nc(SCc2ccccc2Cl)n1. The van der Waals surface area contributed by atoms with Crippen molar-refractivity contribution in [2.45, 2.75) is 30.7 Å². The van der Waals surface area contributed by atoms with Gasteiger partial charge < -0.3 is 14.2 Å². The summed E-state index contributed by atoms with van der Waals surface area (Å²) < 4.78 is 16.7. The van der Waals surface area contributed by atoms with Crippen LogP contribution in [-0.4, -0.2) is 16.8 Å². The van der Waals surface area contributed by atoms with Crippen molar-refractivity contribution < 1.29 is 14.2 Å². The lowest BCUT2D eigenvalue weighted by molar-refractivity contribution is 0.174. The van der Waals surface area contributed by atoms with Gasteiger partial charge >= 0.3 is 0 Å². The fourth-order valence-corrected chi connectivity index (χ4v) is 3.79. The van der Waals surface area contributed by atoms with Gasteiger partial charge in [-0.2, -0.15) is 4.98 Å². The Bertz CT molecular complexity index is 997. The smallest absolute Gasteiger partial charge is 0.231 e. The zero-order chi connectivity index (χ0) is 19.5. The molecule has 0 aliphatic carbocycles. The van der Waals surface area contributed by atoms with Crippen LogP contribution in [0.1, 0.15) is 31.0 Å². The van der Waals surface area contributed by atoms with Crippen LogP contribution in [0.3, 0.4) is 0 Å². The van der Waals surface area contributed by atoms with Crippen LogP contribution in [-0.2, 0) is 5.75 Å². The first-order valence-corrected chi connectivity index (χ1v) is 10.3. The molecule has 28 heavy (non-hydrogen) atoms. The van der Waals surface area contributed by atoms with Crippen LogP contribution < -0.4 is 14.2 Å². The summed E-state index contributed by atoms with van der Waals surface area (Å²) >= 11 is 7.79. The van der Waals surface area contributed by atoms with Crippen LogP contribution in [0.4, 0.5) is 0 Å². The van der Waals surface area contributed by atoms with E-state index in [4.69, 9.17) is 25.8 Å². The maximum Gasteiger partial charge on any atom is 0.231 e. The Balaban J connectivity index is 1.56. The van der Waals surface area contributed by atoms with E-state index in [0.29, 0.717) is 34.0 Å². The lowest BCUT2D eigenvalue weighted by Crippen LogP contribution is -2.00. The zero-order valence-corrected chi connectivity index (χ0v) is 17.1. The topological polar surface area (TPSA) is 53.5 Å². The fraction of sp³-hybridized carbons (Fsp3) is 0.238. The molecule has 2 heterocycles. The molecular formula is C21H19ClN2O3S. The Kier molecular flexibility index (Phi) is 5.59. The van der Waals surface area contributed by atoms with Gasteiger partial charge in [-0.15, -0.1) is 0 Å². The second-order valence-electron chi connectivity index (χ2n) is 6.57. The molecule has 2 aromatic carbocycles. The molecule has 1 aliphatic rings. The molecule has 0 saturated heterocycles. The van der Waals surface area contributed by atoms with E-state index in [-0.39, 0.29) is 12.7 Å². The maximum absolute atomic E-state index is 6.26. The molecule has 0 amide bonds. The van der Waals surface area contributed by atoms with Gasteiger partial charge in [0.1, 0.15) is 5.75 Å². The molecule has 0 atom stereocenters. The number of nitrogens with zero attached hydrogens (tertiary/aromatic N) is 2. The van der Waals surface area contributed by atoms with Gasteiger partial charge in [-0.05, 0) is 29.7 Å². The van der Waals surface area contributed by atoms with Crippen molar-refractivity contribution in [3.63, 3.8) is 0 Å². The largest absolute Gasteiger partial charge is 0.454 e. The van der Waals surface area contributed by atoms with E-state index in [1.165, 1.54) is 11.8 Å². The third kappa shape index (κ3) is 4.34. The standard InChI is InChI=1S/C21H19ClN2O3S/c1-13(2)17-10-20(27-15-7-8-18-19(9-15)26-12-25-18)24-21(23-17)28-11-14-5-3-4-6-16(14)22/h3-10,13H,11-12H2,1-2H3. The number of thioether (sulfide) groups is 1. The van der Waals surface area contributed by atoms with E-state index in [1.54, 1.807) is 6.07 Å². The lowest BCUT2D eigenvalue weighted by Gasteiger charge is -2.11. The van der Waals surface area contributed by atoms with Crippen LogP contribution in [0, 0.1) is 0 Å². The third-order valence-corrected chi connectivity index (χ3v) is 5.44. The number of hydrogen-bond donors (Lipinski definition) is 0. The van der Waals surface area contributed by atoms with Crippen molar-refractivity contribution in [3.8, 4) is 23.1 Å². The minimum atomic E-state index is 0.229. The Hall–Kier alpha value is -2.44. The van der Waals surface area contributed by atoms with Gasteiger partial charge in [-0.25, -0.2) is 4.98 Å². The monoisotopic (exact) mass is 414 g/mol. The molecule has 7 heteroatoms. The normalized spacial score (nSPS) is 12.4. The van der Waals surface area contributed by atoms with Crippen molar-refractivity contribution in [3.05, 3.63) is 64.8 Å². The molecule has 144 valence electrons. The minimum absolute atomic E-state index is 0.229. The molecule has 5 nitrogen and oxygen atoms in total. The van der Waals surface area contributed by atoms with Crippen LogP contribution in [0.2, 0.25) is 5.02 Å². The Morgan fingerprint density at radius 1 is 1.07 bits per heavy atom. The molecular weight excluding hydrogens is 396 g/mol. The number of rotatable bonds is 6. The molecule has 0 spiro atoms. The maximum atomic E-state index is 6.26. The van der Waals surface area contributed by atoms with Crippen molar-refractivity contribution >= 4 is 23.4 Å². The van der Waals surface area contributed by atoms with E-state index >= 15 is 0 Å². The average Bonchev–Trinajstić information content (AvgIpc) is 3.15. The van der Waals surface area contributed by atoms with E-state index in [9.17, 15) is 0 Å². The van der Waals surface area contributed by atoms with Crippen molar-refractivity contribution in [1.29, 1.82) is 0 Å². The van der Waals surface area contributed by atoms with E-state index in [1.807, 2.05) is 42.5 Å². The van der Waals surface area contributed by atoms with Crippen molar-refractivity contribution in [1.82, 2.24) is 9.97 Å². The van der Waals surface area contributed by atoms with Crippen molar-refractivity contribution in [2.75, 3.05) is 6.79 Å². The highest BCUT2D eigenvalue weighted by Gasteiger charge is 2.15. The summed E-state index contributed by atoms with van der Waals surface area (Å²) in [6.45, 7) is 4.41. The molecule has 4 rings (SSSR count). The number of benzene rings is 2. The highest BCUT2D eigenvalue weighted by molar-refractivity contribution is 7.98. The highest BCUT2D eigenvalue weighted by Crippen LogP contribution is 2.37. The van der Waals surface area contributed by atoms with Crippen LogP contribution >= 0.6 is 23.4 Å².